The predicted molar refractivity (Wildman–Crippen MR) is 80.3 cm³/mol. The van der Waals surface area contributed by atoms with Crippen LogP contribution in [0, 0.1) is 0 Å². The molecule has 108 valence electrons. The second-order valence-corrected chi connectivity index (χ2v) is 8.14. The summed E-state index contributed by atoms with van der Waals surface area (Å²) in [5.41, 5.74) is 0.861. The van der Waals surface area contributed by atoms with E-state index in [0.29, 0.717) is 9.90 Å². The van der Waals surface area contributed by atoms with Gasteiger partial charge in [0.1, 0.15) is 4.21 Å². The molecule has 0 radical (unpaired) electrons. The van der Waals surface area contributed by atoms with Crippen LogP contribution in [0.3, 0.4) is 0 Å². The first-order valence-electron chi connectivity index (χ1n) is 5.84. The van der Waals surface area contributed by atoms with E-state index in [2.05, 4.69) is 0 Å². The van der Waals surface area contributed by atoms with Crippen molar-refractivity contribution in [1.29, 1.82) is 0 Å². The summed E-state index contributed by atoms with van der Waals surface area (Å²) in [5, 5.41) is 9.62. The highest BCUT2D eigenvalue weighted by atomic mass is 35.5. The van der Waals surface area contributed by atoms with Crippen molar-refractivity contribution in [2.75, 3.05) is 7.05 Å². The molecule has 0 saturated heterocycles. The molecular weight excluding hydrogens is 318 g/mol. The molecule has 0 fully saturated rings. The molecule has 0 unspecified atom stereocenters. The van der Waals surface area contributed by atoms with E-state index in [1.54, 1.807) is 30.3 Å². The van der Waals surface area contributed by atoms with Crippen LogP contribution >= 0.6 is 22.9 Å². The highest BCUT2D eigenvalue weighted by molar-refractivity contribution is 7.91. The van der Waals surface area contributed by atoms with E-state index in [0.717, 1.165) is 16.9 Å². The minimum Gasteiger partial charge on any atom is -0.391 e. The third-order valence-corrected chi connectivity index (χ3v) is 6.37. The van der Waals surface area contributed by atoms with Gasteiger partial charge in [-0.05, 0) is 29.8 Å². The van der Waals surface area contributed by atoms with Gasteiger partial charge in [-0.3, -0.25) is 0 Å². The first-order chi connectivity index (χ1) is 9.43. The second-order valence-electron chi connectivity index (χ2n) is 4.27. The fourth-order valence-corrected chi connectivity index (χ4v) is 4.38. The summed E-state index contributed by atoms with van der Waals surface area (Å²) < 4.78 is 26.2. The number of halogens is 1. The van der Waals surface area contributed by atoms with Crippen molar-refractivity contribution < 1.29 is 13.5 Å². The summed E-state index contributed by atoms with van der Waals surface area (Å²) in [6, 6.07) is 10.2. The Labute approximate surface area is 127 Å². The van der Waals surface area contributed by atoms with E-state index in [1.807, 2.05) is 0 Å². The lowest BCUT2D eigenvalue weighted by atomic mass is 10.2. The molecule has 1 heterocycles. The van der Waals surface area contributed by atoms with Crippen LogP contribution in [0.5, 0.6) is 0 Å². The zero-order valence-corrected chi connectivity index (χ0v) is 13.2. The van der Waals surface area contributed by atoms with Crippen LogP contribution in [-0.4, -0.2) is 24.9 Å². The topological polar surface area (TPSA) is 57.6 Å². The summed E-state index contributed by atoms with van der Waals surface area (Å²) in [6.45, 7) is 0.118. The first-order valence-corrected chi connectivity index (χ1v) is 8.47. The van der Waals surface area contributed by atoms with E-state index in [9.17, 15) is 8.42 Å². The Hall–Kier alpha value is -0.920. The summed E-state index contributed by atoms with van der Waals surface area (Å²) in [4.78, 5) is 0.628. The van der Waals surface area contributed by atoms with Crippen molar-refractivity contribution in [1.82, 2.24) is 4.31 Å². The Balaban J connectivity index is 2.18. The summed E-state index contributed by atoms with van der Waals surface area (Å²) >= 11 is 6.88. The summed E-state index contributed by atoms with van der Waals surface area (Å²) in [6.07, 6.45) is 0. The highest BCUT2D eigenvalue weighted by Crippen LogP contribution is 2.25. The molecule has 2 rings (SSSR count). The molecule has 1 aromatic heterocycles. The predicted octanol–water partition coefficient (Wildman–Crippen LogP) is 2.71. The van der Waals surface area contributed by atoms with Crippen molar-refractivity contribution in [3.05, 3.63) is 51.9 Å². The van der Waals surface area contributed by atoms with Crippen molar-refractivity contribution >= 4 is 33.0 Å². The minimum absolute atomic E-state index is 0.152. The van der Waals surface area contributed by atoms with Crippen molar-refractivity contribution in [2.45, 2.75) is 17.4 Å². The van der Waals surface area contributed by atoms with Crippen molar-refractivity contribution in [3.8, 4) is 0 Å². The largest absolute Gasteiger partial charge is 0.391 e. The SMILES string of the molecule is CN(Cc1ccc(Cl)cc1)S(=O)(=O)c1ccc(CO)s1. The van der Waals surface area contributed by atoms with Crippen molar-refractivity contribution in [3.63, 3.8) is 0 Å². The smallest absolute Gasteiger partial charge is 0.252 e. The van der Waals surface area contributed by atoms with Gasteiger partial charge in [0.05, 0.1) is 6.61 Å². The van der Waals surface area contributed by atoms with Gasteiger partial charge in [-0.1, -0.05) is 23.7 Å². The third kappa shape index (κ3) is 3.39. The molecule has 0 atom stereocenters. The highest BCUT2D eigenvalue weighted by Gasteiger charge is 2.22. The van der Waals surface area contributed by atoms with Gasteiger partial charge in [0.2, 0.25) is 0 Å². The number of hydrogen-bond acceptors (Lipinski definition) is 4. The van der Waals surface area contributed by atoms with E-state index in [1.165, 1.54) is 17.4 Å². The molecule has 20 heavy (non-hydrogen) atoms. The molecule has 7 heteroatoms. The van der Waals surface area contributed by atoms with Gasteiger partial charge in [-0.25, -0.2) is 8.42 Å². The Bertz CT molecular complexity index is 680. The molecular formula is C13H14ClNO3S2. The Morgan fingerprint density at radius 1 is 1.20 bits per heavy atom. The molecule has 0 saturated carbocycles. The van der Waals surface area contributed by atoms with E-state index >= 15 is 0 Å². The van der Waals surface area contributed by atoms with Crippen LogP contribution in [0.4, 0.5) is 0 Å². The normalized spacial score (nSPS) is 12.0. The number of thiophene rings is 1. The Morgan fingerprint density at radius 3 is 2.40 bits per heavy atom. The van der Waals surface area contributed by atoms with E-state index in [-0.39, 0.29) is 17.4 Å². The first kappa shape index (κ1) is 15.5. The second kappa shape index (κ2) is 6.24. The van der Waals surface area contributed by atoms with Gasteiger partial charge in [0.15, 0.2) is 0 Å². The van der Waals surface area contributed by atoms with Gasteiger partial charge < -0.3 is 5.11 Å². The average Bonchev–Trinajstić information content (AvgIpc) is 2.90. The number of benzene rings is 1. The van der Waals surface area contributed by atoms with Crippen LogP contribution in [0.1, 0.15) is 10.4 Å². The van der Waals surface area contributed by atoms with Gasteiger partial charge in [0, 0.05) is 23.5 Å². The van der Waals surface area contributed by atoms with Gasteiger partial charge in [-0.2, -0.15) is 4.31 Å². The molecule has 0 aliphatic heterocycles. The maximum Gasteiger partial charge on any atom is 0.252 e. The van der Waals surface area contributed by atoms with Gasteiger partial charge >= 0.3 is 0 Å². The number of aliphatic hydroxyl groups excluding tert-OH is 1. The van der Waals surface area contributed by atoms with E-state index in [4.69, 9.17) is 16.7 Å². The molecule has 4 nitrogen and oxygen atoms in total. The molecule has 0 spiro atoms. The average molecular weight is 332 g/mol. The number of hydrogen-bond donors (Lipinski definition) is 1. The van der Waals surface area contributed by atoms with Crippen LogP contribution in [0.25, 0.3) is 0 Å². The molecule has 0 aliphatic rings. The van der Waals surface area contributed by atoms with Crippen LogP contribution in [0.2, 0.25) is 5.02 Å². The number of rotatable bonds is 5. The number of sulfonamides is 1. The molecule has 0 amide bonds. The molecule has 1 aromatic carbocycles. The number of nitrogens with zero attached hydrogens (tertiary/aromatic N) is 1. The lowest BCUT2D eigenvalue weighted by molar-refractivity contribution is 0.285. The molecule has 0 aliphatic carbocycles. The fraction of sp³-hybridized carbons (Fsp3) is 0.231. The maximum absolute atomic E-state index is 12.4. The number of aliphatic hydroxyl groups is 1. The lowest BCUT2D eigenvalue weighted by Gasteiger charge is -2.16. The Morgan fingerprint density at radius 2 is 1.85 bits per heavy atom. The minimum atomic E-state index is -3.53. The summed E-state index contributed by atoms with van der Waals surface area (Å²) in [7, 11) is -2.00. The zero-order valence-electron chi connectivity index (χ0n) is 10.8. The van der Waals surface area contributed by atoms with Crippen LogP contribution in [0.15, 0.2) is 40.6 Å². The van der Waals surface area contributed by atoms with Crippen LogP contribution < -0.4 is 0 Å². The zero-order chi connectivity index (χ0) is 14.8. The molecule has 1 N–H and O–H groups in total. The molecule has 0 bridgehead atoms. The fourth-order valence-electron chi connectivity index (χ4n) is 1.67. The van der Waals surface area contributed by atoms with Gasteiger partial charge in [-0.15, -0.1) is 11.3 Å². The Kier molecular flexibility index (Phi) is 4.82. The standard InChI is InChI=1S/C13H14ClNO3S2/c1-15(8-10-2-4-11(14)5-3-10)20(17,18)13-7-6-12(9-16)19-13/h2-7,16H,8-9H2,1H3. The monoisotopic (exact) mass is 331 g/mol. The summed E-state index contributed by atoms with van der Waals surface area (Å²) in [5.74, 6) is 0. The van der Waals surface area contributed by atoms with Crippen LogP contribution in [-0.2, 0) is 23.2 Å². The maximum atomic E-state index is 12.4. The third-order valence-electron chi connectivity index (χ3n) is 2.78. The van der Waals surface area contributed by atoms with Gasteiger partial charge in [0.25, 0.3) is 10.0 Å². The lowest BCUT2D eigenvalue weighted by Crippen LogP contribution is -2.25. The quantitative estimate of drug-likeness (QED) is 0.916. The van der Waals surface area contributed by atoms with Crippen molar-refractivity contribution in [2.24, 2.45) is 0 Å². The molecule has 2 aromatic rings. The van der Waals surface area contributed by atoms with E-state index < -0.39 is 10.0 Å².